The molecular weight excluding hydrogens is 255 g/mol. The zero-order chi connectivity index (χ0) is 13.5. The number of hydrogen-bond donors (Lipinski definition) is 1. The highest BCUT2D eigenvalue weighted by Gasteiger charge is 2.13. The summed E-state index contributed by atoms with van der Waals surface area (Å²) in [5.41, 5.74) is 0. The lowest BCUT2D eigenvalue weighted by molar-refractivity contribution is -0.127. The summed E-state index contributed by atoms with van der Waals surface area (Å²) in [5, 5.41) is 2.92. The van der Waals surface area contributed by atoms with Gasteiger partial charge in [0.15, 0.2) is 5.82 Å². The number of nitrogens with zero attached hydrogens (tertiary/aromatic N) is 3. The molecule has 1 aromatic heterocycles. The summed E-state index contributed by atoms with van der Waals surface area (Å²) in [6.45, 7) is 5.14. The average molecular weight is 272 g/mol. The second kappa shape index (κ2) is 7.15. The van der Waals surface area contributed by atoms with Gasteiger partial charge in [-0.1, -0.05) is 11.8 Å². The summed E-state index contributed by atoms with van der Waals surface area (Å²) >= 11 is 1.09. The Hall–Kier alpha value is -1.37. The van der Waals surface area contributed by atoms with E-state index in [4.69, 9.17) is 0 Å². The van der Waals surface area contributed by atoms with Crippen molar-refractivity contribution in [3.8, 4) is 0 Å². The van der Waals surface area contributed by atoms with Gasteiger partial charge in [-0.05, 0) is 13.8 Å². The van der Waals surface area contributed by atoms with Gasteiger partial charge in [-0.15, -0.1) is 0 Å². The number of halogens is 1. The Morgan fingerprint density at radius 2 is 2.17 bits per heavy atom. The molecular formula is C11H17FN4OS. The van der Waals surface area contributed by atoms with Gasteiger partial charge in [-0.2, -0.15) is 0 Å². The van der Waals surface area contributed by atoms with Crippen molar-refractivity contribution in [2.24, 2.45) is 0 Å². The zero-order valence-electron chi connectivity index (χ0n) is 10.7. The van der Waals surface area contributed by atoms with Crippen molar-refractivity contribution >= 4 is 23.6 Å². The predicted octanol–water partition coefficient (Wildman–Crippen LogP) is 1.62. The third-order valence-corrected chi connectivity index (χ3v) is 3.34. The molecule has 7 heteroatoms. The summed E-state index contributed by atoms with van der Waals surface area (Å²) in [5.74, 6) is -0.00626. The van der Waals surface area contributed by atoms with Gasteiger partial charge in [-0.25, -0.2) is 14.4 Å². The summed E-state index contributed by atoms with van der Waals surface area (Å²) in [4.78, 5) is 21.2. The Balaban J connectivity index is 2.65. The van der Waals surface area contributed by atoms with Crippen molar-refractivity contribution in [3.63, 3.8) is 0 Å². The first-order chi connectivity index (χ1) is 8.62. The molecule has 0 radical (unpaired) electrons. The highest BCUT2D eigenvalue weighted by Crippen LogP contribution is 2.20. The molecule has 1 amide bonds. The van der Waals surface area contributed by atoms with E-state index < -0.39 is 5.82 Å². The molecule has 0 saturated carbocycles. The van der Waals surface area contributed by atoms with Gasteiger partial charge in [0, 0.05) is 20.1 Å². The standard InChI is InChI=1S/C11H17FN4OS/c1-4-16(5-2)9(17)7-18-10-8(12)6-14-11(13-3)15-10/h6H,4-5,7H2,1-3H3,(H,13,14,15). The SMILES string of the molecule is CCN(CC)C(=O)CSc1nc(NC)ncc1F. The quantitative estimate of drug-likeness (QED) is 0.630. The molecule has 0 aromatic carbocycles. The minimum atomic E-state index is -0.508. The van der Waals surface area contributed by atoms with E-state index >= 15 is 0 Å². The number of nitrogens with one attached hydrogen (secondary N) is 1. The van der Waals surface area contributed by atoms with E-state index in [1.807, 2.05) is 13.8 Å². The number of carbonyl (C=O) groups excluding carboxylic acids is 1. The Labute approximate surface area is 110 Å². The van der Waals surface area contributed by atoms with Gasteiger partial charge in [-0.3, -0.25) is 4.79 Å². The van der Waals surface area contributed by atoms with Crippen LogP contribution in [0.4, 0.5) is 10.3 Å². The minimum absolute atomic E-state index is 0.0194. The molecule has 1 heterocycles. The molecule has 0 spiro atoms. The van der Waals surface area contributed by atoms with Crippen LogP contribution in [0.5, 0.6) is 0 Å². The second-order valence-electron chi connectivity index (χ2n) is 3.45. The molecule has 18 heavy (non-hydrogen) atoms. The van der Waals surface area contributed by atoms with Crippen LogP contribution >= 0.6 is 11.8 Å². The molecule has 1 rings (SSSR count). The van der Waals surface area contributed by atoms with Crippen molar-refractivity contribution in [2.75, 3.05) is 31.2 Å². The maximum Gasteiger partial charge on any atom is 0.232 e. The van der Waals surface area contributed by atoms with Gasteiger partial charge < -0.3 is 10.2 Å². The Bertz CT molecular complexity index is 412. The molecule has 1 aromatic rings. The molecule has 0 bridgehead atoms. The maximum atomic E-state index is 13.4. The van der Waals surface area contributed by atoms with E-state index in [1.54, 1.807) is 11.9 Å². The van der Waals surface area contributed by atoms with Crippen LogP contribution in [0.15, 0.2) is 11.2 Å². The van der Waals surface area contributed by atoms with Crippen molar-refractivity contribution in [3.05, 3.63) is 12.0 Å². The lowest BCUT2D eigenvalue weighted by Crippen LogP contribution is -2.31. The van der Waals surface area contributed by atoms with E-state index in [1.165, 1.54) is 0 Å². The lowest BCUT2D eigenvalue weighted by atomic mass is 10.5. The molecule has 1 N–H and O–H groups in total. The Kier molecular flexibility index (Phi) is 5.84. The van der Waals surface area contributed by atoms with Crippen LogP contribution in [0, 0.1) is 5.82 Å². The van der Waals surface area contributed by atoms with Crippen LogP contribution in [0.2, 0.25) is 0 Å². The first kappa shape index (κ1) is 14.7. The third kappa shape index (κ3) is 3.83. The van der Waals surface area contributed by atoms with Crippen molar-refractivity contribution in [1.82, 2.24) is 14.9 Å². The zero-order valence-corrected chi connectivity index (χ0v) is 11.6. The summed E-state index contributed by atoms with van der Waals surface area (Å²) < 4.78 is 13.4. The predicted molar refractivity (Wildman–Crippen MR) is 70.2 cm³/mol. The summed E-state index contributed by atoms with van der Waals surface area (Å²) in [6.07, 6.45) is 1.10. The Morgan fingerprint density at radius 1 is 1.50 bits per heavy atom. The average Bonchev–Trinajstić information content (AvgIpc) is 2.39. The number of carbonyl (C=O) groups is 1. The van der Waals surface area contributed by atoms with Crippen molar-refractivity contribution in [2.45, 2.75) is 18.9 Å². The molecule has 5 nitrogen and oxygen atoms in total. The molecule has 0 aliphatic heterocycles. The van der Waals surface area contributed by atoms with Crippen LogP contribution < -0.4 is 5.32 Å². The summed E-state index contributed by atoms with van der Waals surface area (Å²) in [7, 11) is 1.66. The smallest absolute Gasteiger partial charge is 0.232 e. The highest BCUT2D eigenvalue weighted by molar-refractivity contribution is 7.99. The number of hydrogen-bond acceptors (Lipinski definition) is 5. The second-order valence-corrected chi connectivity index (χ2v) is 4.42. The van der Waals surface area contributed by atoms with E-state index in [9.17, 15) is 9.18 Å². The van der Waals surface area contributed by atoms with E-state index in [0.717, 1.165) is 18.0 Å². The van der Waals surface area contributed by atoms with Crippen LogP contribution in [-0.2, 0) is 4.79 Å². The molecule has 0 fully saturated rings. The van der Waals surface area contributed by atoms with E-state index in [2.05, 4.69) is 15.3 Å². The number of anilines is 1. The normalized spacial score (nSPS) is 10.2. The monoisotopic (exact) mass is 272 g/mol. The van der Waals surface area contributed by atoms with Gasteiger partial charge >= 0.3 is 0 Å². The molecule has 0 saturated heterocycles. The molecule has 0 aliphatic carbocycles. The molecule has 0 aliphatic rings. The van der Waals surface area contributed by atoms with Gasteiger partial charge in [0.1, 0.15) is 5.03 Å². The number of aromatic nitrogens is 2. The Morgan fingerprint density at radius 3 is 2.72 bits per heavy atom. The van der Waals surface area contributed by atoms with Crippen LogP contribution in [-0.4, -0.2) is 46.7 Å². The minimum Gasteiger partial charge on any atom is -0.357 e. The largest absolute Gasteiger partial charge is 0.357 e. The number of amides is 1. The lowest BCUT2D eigenvalue weighted by Gasteiger charge is -2.18. The molecule has 0 atom stereocenters. The van der Waals surface area contributed by atoms with Crippen LogP contribution in [0.1, 0.15) is 13.8 Å². The topological polar surface area (TPSA) is 58.1 Å². The molecule has 0 unspecified atom stereocenters. The van der Waals surface area contributed by atoms with Crippen LogP contribution in [0.25, 0.3) is 0 Å². The van der Waals surface area contributed by atoms with Crippen LogP contribution in [0.3, 0.4) is 0 Å². The fraction of sp³-hybridized carbons (Fsp3) is 0.545. The van der Waals surface area contributed by atoms with Gasteiger partial charge in [0.05, 0.1) is 11.9 Å². The van der Waals surface area contributed by atoms with E-state index in [-0.39, 0.29) is 16.7 Å². The van der Waals surface area contributed by atoms with Crippen molar-refractivity contribution < 1.29 is 9.18 Å². The maximum absolute atomic E-state index is 13.4. The first-order valence-electron chi connectivity index (χ1n) is 5.73. The number of thioether (sulfide) groups is 1. The van der Waals surface area contributed by atoms with E-state index in [0.29, 0.717) is 19.0 Å². The highest BCUT2D eigenvalue weighted by atomic mass is 32.2. The number of rotatable bonds is 6. The fourth-order valence-corrected chi connectivity index (χ4v) is 2.16. The van der Waals surface area contributed by atoms with Gasteiger partial charge in [0.25, 0.3) is 0 Å². The summed E-state index contributed by atoms with van der Waals surface area (Å²) in [6, 6.07) is 0. The van der Waals surface area contributed by atoms with Crippen molar-refractivity contribution in [1.29, 1.82) is 0 Å². The molecule has 100 valence electrons. The first-order valence-corrected chi connectivity index (χ1v) is 6.71. The van der Waals surface area contributed by atoms with Gasteiger partial charge in [0.2, 0.25) is 11.9 Å². The fourth-order valence-electron chi connectivity index (χ4n) is 1.37. The third-order valence-electron chi connectivity index (χ3n) is 2.38.